The fourth-order valence-corrected chi connectivity index (χ4v) is 2.94. The van der Waals surface area contributed by atoms with Gasteiger partial charge in [-0.3, -0.25) is 4.90 Å². The Kier molecular flexibility index (Phi) is 5.02. The molecule has 0 radical (unpaired) electrons. The lowest BCUT2D eigenvalue weighted by atomic mass is 9.88. The van der Waals surface area contributed by atoms with Crippen molar-refractivity contribution in [1.29, 1.82) is 0 Å². The molecule has 1 aliphatic heterocycles. The van der Waals surface area contributed by atoms with Crippen LogP contribution in [0.2, 0.25) is 0 Å². The van der Waals surface area contributed by atoms with E-state index in [0.717, 1.165) is 43.9 Å². The van der Waals surface area contributed by atoms with Gasteiger partial charge in [0, 0.05) is 25.2 Å². The van der Waals surface area contributed by atoms with Gasteiger partial charge < -0.3 is 15.2 Å². The summed E-state index contributed by atoms with van der Waals surface area (Å²) in [5.41, 5.74) is 1.86. The molecule has 1 heterocycles. The minimum absolute atomic E-state index is 0.0901. The Labute approximate surface area is 121 Å². The first-order valence-corrected chi connectivity index (χ1v) is 7.33. The van der Waals surface area contributed by atoms with Crippen molar-refractivity contribution in [1.82, 2.24) is 10.2 Å². The number of methoxy groups -OCH3 is 1. The molecule has 20 heavy (non-hydrogen) atoms. The Balaban J connectivity index is 2.40. The van der Waals surface area contributed by atoms with Gasteiger partial charge in [-0.05, 0) is 32.9 Å². The molecular weight excluding hydrogens is 252 g/mol. The van der Waals surface area contributed by atoms with Crippen LogP contribution in [-0.2, 0) is 5.54 Å². The Hall–Kier alpha value is -1.10. The van der Waals surface area contributed by atoms with E-state index >= 15 is 0 Å². The molecule has 1 saturated heterocycles. The second kappa shape index (κ2) is 6.57. The van der Waals surface area contributed by atoms with Gasteiger partial charge in [0.05, 0.1) is 19.3 Å². The van der Waals surface area contributed by atoms with Crippen LogP contribution in [0.25, 0.3) is 0 Å². The predicted molar refractivity (Wildman–Crippen MR) is 81.2 cm³/mol. The highest BCUT2D eigenvalue weighted by atomic mass is 16.5. The molecule has 2 rings (SSSR count). The summed E-state index contributed by atoms with van der Waals surface area (Å²) < 4.78 is 5.52. The predicted octanol–water partition coefficient (Wildman–Crippen LogP) is 1.51. The summed E-state index contributed by atoms with van der Waals surface area (Å²) >= 11 is 0. The number of aryl methyl sites for hydroxylation is 1. The molecule has 0 aromatic heterocycles. The summed E-state index contributed by atoms with van der Waals surface area (Å²) in [4.78, 5) is 2.37. The first kappa shape index (κ1) is 15.3. The van der Waals surface area contributed by atoms with Crippen molar-refractivity contribution >= 4 is 0 Å². The highest BCUT2D eigenvalue weighted by Gasteiger charge is 2.35. The number of aliphatic hydroxyl groups excluding tert-OH is 1. The molecule has 0 aliphatic carbocycles. The summed E-state index contributed by atoms with van der Waals surface area (Å²) in [7, 11) is 1.69. The van der Waals surface area contributed by atoms with E-state index in [-0.39, 0.29) is 6.61 Å². The van der Waals surface area contributed by atoms with Gasteiger partial charge in [-0.15, -0.1) is 0 Å². The van der Waals surface area contributed by atoms with E-state index in [1.807, 2.05) is 12.1 Å². The molecular formula is C16H26N2O2. The van der Waals surface area contributed by atoms with Crippen molar-refractivity contribution in [2.45, 2.75) is 25.8 Å². The Morgan fingerprint density at radius 2 is 2.15 bits per heavy atom. The molecule has 1 aromatic rings. The number of hydrogen-bond acceptors (Lipinski definition) is 4. The third-order valence-corrected chi connectivity index (χ3v) is 4.28. The lowest BCUT2D eigenvalue weighted by Gasteiger charge is -2.40. The summed E-state index contributed by atoms with van der Waals surface area (Å²) in [6, 6.07) is 6.17. The highest BCUT2D eigenvalue weighted by Crippen LogP contribution is 2.35. The SMILES string of the molecule is COc1ccc(C)cc1C(C)(CO)N1CCCNCC1. The van der Waals surface area contributed by atoms with Gasteiger partial charge in [0.15, 0.2) is 0 Å². The normalized spacial score (nSPS) is 20.2. The molecule has 1 unspecified atom stereocenters. The van der Waals surface area contributed by atoms with E-state index in [1.54, 1.807) is 7.11 Å². The fourth-order valence-electron chi connectivity index (χ4n) is 2.94. The van der Waals surface area contributed by atoms with Gasteiger partial charge in [0.1, 0.15) is 5.75 Å². The highest BCUT2D eigenvalue weighted by molar-refractivity contribution is 5.42. The lowest BCUT2D eigenvalue weighted by Crippen LogP contribution is -2.48. The zero-order valence-corrected chi connectivity index (χ0v) is 12.8. The average Bonchev–Trinajstić information content (AvgIpc) is 2.76. The molecule has 1 fully saturated rings. The number of rotatable bonds is 4. The second-order valence-corrected chi connectivity index (χ2v) is 5.73. The van der Waals surface area contributed by atoms with Crippen LogP contribution in [0.15, 0.2) is 18.2 Å². The summed E-state index contributed by atoms with van der Waals surface area (Å²) in [6.07, 6.45) is 1.10. The van der Waals surface area contributed by atoms with E-state index in [1.165, 1.54) is 5.56 Å². The van der Waals surface area contributed by atoms with Gasteiger partial charge in [-0.2, -0.15) is 0 Å². The Morgan fingerprint density at radius 1 is 1.35 bits per heavy atom. The van der Waals surface area contributed by atoms with Gasteiger partial charge in [-0.25, -0.2) is 0 Å². The van der Waals surface area contributed by atoms with Crippen molar-refractivity contribution in [3.63, 3.8) is 0 Å². The van der Waals surface area contributed by atoms with Crippen LogP contribution >= 0.6 is 0 Å². The first-order chi connectivity index (χ1) is 9.61. The van der Waals surface area contributed by atoms with Crippen molar-refractivity contribution in [2.75, 3.05) is 39.9 Å². The number of nitrogens with one attached hydrogen (secondary N) is 1. The number of hydrogen-bond donors (Lipinski definition) is 2. The van der Waals surface area contributed by atoms with E-state index < -0.39 is 5.54 Å². The van der Waals surface area contributed by atoms with Crippen LogP contribution in [0.5, 0.6) is 5.75 Å². The summed E-state index contributed by atoms with van der Waals surface area (Å²) in [5, 5.41) is 13.5. The molecule has 1 aromatic carbocycles. The maximum Gasteiger partial charge on any atom is 0.124 e. The van der Waals surface area contributed by atoms with Crippen LogP contribution in [0, 0.1) is 6.92 Å². The molecule has 1 aliphatic rings. The topological polar surface area (TPSA) is 44.7 Å². The summed E-state index contributed by atoms with van der Waals surface area (Å²) in [5.74, 6) is 0.851. The number of ether oxygens (including phenoxy) is 1. The average molecular weight is 278 g/mol. The molecule has 0 spiro atoms. The maximum absolute atomic E-state index is 10.1. The van der Waals surface area contributed by atoms with Crippen molar-refractivity contribution < 1.29 is 9.84 Å². The number of aliphatic hydroxyl groups is 1. The number of benzene rings is 1. The lowest BCUT2D eigenvalue weighted by molar-refractivity contribution is 0.0433. The standard InChI is InChI=1S/C16H26N2O2/c1-13-5-6-15(20-3)14(11-13)16(2,12-19)18-9-4-7-17-8-10-18/h5-6,11,17,19H,4,7-10,12H2,1-3H3. The quantitative estimate of drug-likeness (QED) is 0.876. The van der Waals surface area contributed by atoms with Crippen LogP contribution in [0.1, 0.15) is 24.5 Å². The molecule has 0 saturated carbocycles. The van der Waals surface area contributed by atoms with E-state index in [9.17, 15) is 5.11 Å². The molecule has 4 nitrogen and oxygen atoms in total. The maximum atomic E-state index is 10.1. The minimum Gasteiger partial charge on any atom is -0.496 e. The van der Waals surface area contributed by atoms with Crippen LogP contribution < -0.4 is 10.1 Å². The van der Waals surface area contributed by atoms with Crippen molar-refractivity contribution in [2.24, 2.45) is 0 Å². The molecule has 1 atom stereocenters. The van der Waals surface area contributed by atoms with E-state index in [0.29, 0.717) is 0 Å². The largest absolute Gasteiger partial charge is 0.496 e. The van der Waals surface area contributed by atoms with Gasteiger partial charge in [0.25, 0.3) is 0 Å². The molecule has 0 bridgehead atoms. The molecule has 2 N–H and O–H groups in total. The fraction of sp³-hybridized carbons (Fsp3) is 0.625. The van der Waals surface area contributed by atoms with Crippen LogP contribution in [0.3, 0.4) is 0 Å². The van der Waals surface area contributed by atoms with Gasteiger partial charge in [0.2, 0.25) is 0 Å². The number of nitrogens with zero attached hydrogens (tertiary/aromatic N) is 1. The van der Waals surface area contributed by atoms with Gasteiger partial charge >= 0.3 is 0 Å². The monoisotopic (exact) mass is 278 g/mol. The smallest absolute Gasteiger partial charge is 0.124 e. The summed E-state index contributed by atoms with van der Waals surface area (Å²) in [6.45, 7) is 8.20. The second-order valence-electron chi connectivity index (χ2n) is 5.73. The zero-order valence-electron chi connectivity index (χ0n) is 12.8. The van der Waals surface area contributed by atoms with Crippen LogP contribution in [-0.4, -0.2) is 49.9 Å². The zero-order chi connectivity index (χ0) is 14.6. The Morgan fingerprint density at radius 3 is 2.85 bits per heavy atom. The van der Waals surface area contributed by atoms with Crippen molar-refractivity contribution in [3.8, 4) is 5.75 Å². The third-order valence-electron chi connectivity index (χ3n) is 4.28. The molecule has 4 heteroatoms. The van der Waals surface area contributed by atoms with Crippen molar-refractivity contribution in [3.05, 3.63) is 29.3 Å². The Bertz CT molecular complexity index is 442. The molecule has 112 valence electrons. The minimum atomic E-state index is -0.399. The first-order valence-electron chi connectivity index (χ1n) is 7.33. The molecule has 0 amide bonds. The van der Waals surface area contributed by atoms with E-state index in [2.05, 4.69) is 30.1 Å². The van der Waals surface area contributed by atoms with Gasteiger partial charge in [-0.1, -0.05) is 17.7 Å². The van der Waals surface area contributed by atoms with E-state index in [4.69, 9.17) is 4.74 Å². The van der Waals surface area contributed by atoms with Crippen LogP contribution in [0.4, 0.5) is 0 Å². The third kappa shape index (κ3) is 2.97.